The third kappa shape index (κ3) is 3.35. The van der Waals surface area contributed by atoms with Crippen molar-refractivity contribution in [1.82, 2.24) is 10.3 Å². The van der Waals surface area contributed by atoms with Crippen molar-refractivity contribution in [3.05, 3.63) is 29.6 Å². The van der Waals surface area contributed by atoms with Gasteiger partial charge in [-0.15, -0.1) is 0 Å². The number of aliphatic hydroxyl groups excluding tert-OH is 1. The molecule has 2 N–H and O–H groups in total. The topological polar surface area (TPSA) is 71.5 Å². The van der Waals surface area contributed by atoms with Crippen molar-refractivity contribution in [3.63, 3.8) is 0 Å². The maximum atomic E-state index is 12.1. The van der Waals surface area contributed by atoms with Crippen LogP contribution in [-0.2, 0) is 4.74 Å². The predicted octanol–water partition coefficient (Wildman–Crippen LogP) is 0.724. The molecule has 0 aromatic carbocycles. The molecule has 1 aliphatic rings. The zero-order valence-electron chi connectivity index (χ0n) is 11.5. The van der Waals surface area contributed by atoms with Gasteiger partial charge in [0.15, 0.2) is 0 Å². The first-order chi connectivity index (χ1) is 9.69. The lowest BCUT2D eigenvalue weighted by molar-refractivity contribution is -0.0679. The first-order valence-corrected chi connectivity index (χ1v) is 6.57. The van der Waals surface area contributed by atoms with E-state index < -0.39 is 0 Å². The van der Waals surface area contributed by atoms with Gasteiger partial charge in [-0.05, 0) is 25.3 Å². The zero-order valence-corrected chi connectivity index (χ0v) is 11.5. The molecule has 20 heavy (non-hydrogen) atoms. The highest BCUT2D eigenvalue weighted by molar-refractivity contribution is 5.94. The van der Waals surface area contributed by atoms with Crippen LogP contribution in [0.5, 0.6) is 0 Å². The fourth-order valence-corrected chi connectivity index (χ4v) is 2.14. The van der Waals surface area contributed by atoms with E-state index in [1.807, 2.05) is 0 Å². The highest BCUT2D eigenvalue weighted by Gasteiger charge is 2.37. The summed E-state index contributed by atoms with van der Waals surface area (Å²) in [4.78, 5) is 16.1. The molecule has 1 saturated carbocycles. The fraction of sp³-hybridized carbons (Fsp3) is 0.467. The average molecular weight is 274 g/mol. The number of hydrogen-bond donors (Lipinski definition) is 2. The summed E-state index contributed by atoms with van der Waals surface area (Å²) in [7, 11) is 1.68. The van der Waals surface area contributed by atoms with Crippen molar-refractivity contribution < 1.29 is 14.6 Å². The number of aromatic nitrogens is 1. The lowest BCUT2D eigenvalue weighted by atomic mass is 9.80. The molecule has 0 unspecified atom stereocenters. The minimum absolute atomic E-state index is 0.187. The number of ether oxygens (including phenoxy) is 1. The first kappa shape index (κ1) is 14.5. The Morgan fingerprint density at radius 3 is 2.95 bits per heavy atom. The van der Waals surface area contributed by atoms with Gasteiger partial charge in [0, 0.05) is 31.6 Å². The lowest BCUT2D eigenvalue weighted by Gasteiger charge is -2.40. The second-order valence-corrected chi connectivity index (χ2v) is 4.85. The number of aliphatic hydroxyl groups is 1. The van der Waals surface area contributed by atoms with E-state index in [4.69, 9.17) is 9.84 Å². The molecule has 1 aliphatic carbocycles. The molecule has 1 aromatic rings. The Hall–Kier alpha value is -1.90. The van der Waals surface area contributed by atoms with Crippen molar-refractivity contribution in [1.29, 1.82) is 0 Å². The monoisotopic (exact) mass is 274 g/mol. The van der Waals surface area contributed by atoms with E-state index in [9.17, 15) is 4.79 Å². The Kier molecular flexibility index (Phi) is 4.72. The number of carbonyl (C=O) groups excluding carboxylic acids is 1. The molecular weight excluding hydrogens is 256 g/mol. The van der Waals surface area contributed by atoms with E-state index in [2.05, 4.69) is 22.1 Å². The molecule has 0 atom stereocenters. The predicted molar refractivity (Wildman–Crippen MR) is 74.1 cm³/mol. The normalized spacial score (nSPS) is 15.7. The van der Waals surface area contributed by atoms with E-state index in [-0.39, 0.29) is 18.1 Å². The third-order valence-corrected chi connectivity index (χ3v) is 3.58. The Balaban J connectivity index is 1.98. The lowest BCUT2D eigenvalue weighted by Crippen LogP contribution is -2.49. The van der Waals surface area contributed by atoms with Crippen LogP contribution in [0.4, 0.5) is 0 Å². The van der Waals surface area contributed by atoms with E-state index in [1.54, 1.807) is 19.4 Å². The summed E-state index contributed by atoms with van der Waals surface area (Å²) < 4.78 is 5.46. The number of rotatable bonds is 4. The Bertz CT molecular complexity index is 536. The second-order valence-electron chi connectivity index (χ2n) is 4.85. The van der Waals surface area contributed by atoms with Gasteiger partial charge in [-0.2, -0.15) is 0 Å². The molecule has 1 aromatic heterocycles. The number of pyridine rings is 1. The van der Waals surface area contributed by atoms with Crippen LogP contribution in [-0.4, -0.2) is 41.9 Å². The Labute approximate surface area is 118 Å². The highest BCUT2D eigenvalue weighted by atomic mass is 16.5. The summed E-state index contributed by atoms with van der Waals surface area (Å²) in [6.45, 7) is 0.293. The maximum Gasteiger partial charge on any atom is 0.252 e. The molecule has 5 nitrogen and oxygen atoms in total. The summed E-state index contributed by atoms with van der Waals surface area (Å²) in [5.41, 5.74) is 0.870. The smallest absolute Gasteiger partial charge is 0.252 e. The summed E-state index contributed by atoms with van der Waals surface area (Å²) in [6.07, 6.45) is 6.15. The van der Waals surface area contributed by atoms with Crippen LogP contribution in [0.2, 0.25) is 0 Å². The second kappa shape index (κ2) is 6.51. The van der Waals surface area contributed by atoms with Crippen LogP contribution < -0.4 is 5.32 Å². The van der Waals surface area contributed by atoms with E-state index in [0.29, 0.717) is 17.7 Å². The van der Waals surface area contributed by atoms with Crippen LogP contribution in [0.15, 0.2) is 18.5 Å². The van der Waals surface area contributed by atoms with Gasteiger partial charge < -0.3 is 15.2 Å². The molecule has 5 heteroatoms. The maximum absolute atomic E-state index is 12.1. The van der Waals surface area contributed by atoms with Gasteiger partial charge in [0.2, 0.25) is 0 Å². The summed E-state index contributed by atoms with van der Waals surface area (Å²) in [5.74, 6) is 5.07. The average Bonchev–Trinajstić information content (AvgIpc) is 2.44. The number of nitrogens with zero attached hydrogens (tertiary/aromatic N) is 1. The number of methoxy groups -OCH3 is 1. The number of hydrogen-bond acceptors (Lipinski definition) is 4. The molecule has 106 valence electrons. The van der Waals surface area contributed by atoms with Crippen molar-refractivity contribution in [3.8, 4) is 11.8 Å². The van der Waals surface area contributed by atoms with Gasteiger partial charge in [0.05, 0.1) is 11.2 Å². The van der Waals surface area contributed by atoms with Gasteiger partial charge in [-0.1, -0.05) is 11.8 Å². The van der Waals surface area contributed by atoms with Crippen molar-refractivity contribution >= 4 is 5.91 Å². The number of amides is 1. The highest BCUT2D eigenvalue weighted by Crippen LogP contribution is 2.34. The molecule has 0 radical (unpaired) electrons. The van der Waals surface area contributed by atoms with E-state index in [1.165, 1.54) is 6.20 Å². The standard InChI is InChI=1S/C15H18N2O3/c1-20-15(5-3-6-15)11-17-14(19)13-8-12(4-2-7-18)9-16-10-13/h8-10,18H,3,5-7,11H2,1H3,(H,17,19). The van der Waals surface area contributed by atoms with Crippen molar-refractivity contribution in [2.75, 3.05) is 20.3 Å². The molecular formula is C15H18N2O3. The van der Waals surface area contributed by atoms with Crippen molar-refractivity contribution in [2.24, 2.45) is 0 Å². The van der Waals surface area contributed by atoms with Gasteiger partial charge in [0.25, 0.3) is 5.91 Å². The first-order valence-electron chi connectivity index (χ1n) is 6.57. The molecule has 0 saturated heterocycles. The molecule has 0 bridgehead atoms. The van der Waals surface area contributed by atoms with Crippen LogP contribution in [0, 0.1) is 11.8 Å². The van der Waals surface area contributed by atoms with Gasteiger partial charge in [0.1, 0.15) is 6.61 Å². The minimum Gasteiger partial charge on any atom is -0.384 e. The van der Waals surface area contributed by atoms with Crippen LogP contribution >= 0.6 is 0 Å². The van der Waals surface area contributed by atoms with Gasteiger partial charge in [-0.3, -0.25) is 9.78 Å². The zero-order chi connectivity index (χ0) is 14.4. The van der Waals surface area contributed by atoms with Gasteiger partial charge >= 0.3 is 0 Å². The number of carbonyl (C=O) groups is 1. The fourth-order valence-electron chi connectivity index (χ4n) is 2.14. The molecule has 2 rings (SSSR count). The molecule has 0 aliphatic heterocycles. The van der Waals surface area contributed by atoms with Crippen LogP contribution in [0.3, 0.4) is 0 Å². The summed E-state index contributed by atoms with van der Waals surface area (Å²) in [5, 5.41) is 11.5. The van der Waals surface area contributed by atoms with Crippen molar-refractivity contribution in [2.45, 2.75) is 24.9 Å². The molecule has 1 heterocycles. The quantitative estimate of drug-likeness (QED) is 0.794. The Morgan fingerprint density at radius 2 is 2.35 bits per heavy atom. The molecule has 0 spiro atoms. The summed E-state index contributed by atoms with van der Waals surface area (Å²) >= 11 is 0. The van der Waals surface area contributed by atoms with Gasteiger partial charge in [-0.25, -0.2) is 0 Å². The summed E-state index contributed by atoms with van der Waals surface area (Å²) in [6, 6.07) is 1.66. The van der Waals surface area contributed by atoms with E-state index >= 15 is 0 Å². The minimum atomic E-state index is -0.215. The van der Waals surface area contributed by atoms with Crippen LogP contribution in [0.25, 0.3) is 0 Å². The SMILES string of the molecule is COC1(CNC(=O)c2cncc(C#CCO)c2)CCC1. The molecule has 1 amide bonds. The third-order valence-electron chi connectivity index (χ3n) is 3.58. The molecule has 1 fully saturated rings. The van der Waals surface area contributed by atoms with Crippen LogP contribution in [0.1, 0.15) is 35.2 Å². The Morgan fingerprint density at radius 1 is 1.55 bits per heavy atom. The largest absolute Gasteiger partial charge is 0.384 e. The number of nitrogens with one attached hydrogen (secondary N) is 1. The van der Waals surface area contributed by atoms with E-state index in [0.717, 1.165) is 19.3 Å².